The monoisotopic (exact) mass is 314 g/mol. The molecule has 0 saturated carbocycles. The van der Waals surface area contributed by atoms with Crippen LogP contribution in [0, 0.1) is 13.8 Å². The average molecular weight is 314 g/mol. The number of carbonyl (C=O) groups is 1. The van der Waals surface area contributed by atoms with Crippen LogP contribution in [-0.4, -0.2) is 29.5 Å². The fourth-order valence-corrected chi connectivity index (χ4v) is 2.21. The fourth-order valence-electron chi connectivity index (χ4n) is 2.21. The maximum atomic E-state index is 12.0. The minimum Gasteiger partial charge on any atom is -0.495 e. The van der Waals surface area contributed by atoms with Crippen LogP contribution in [0.15, 0.2) is 30.3 Å². The lowest BCUT2D eigenvalue weighted by molar-refractivity contribution is -0.116. The molecule has 0 radical (unpaired) electrons. The highest BCUT2D eigenvalue weighted by Crippen LogP contribution is 2.23. The number of carbonyl (C=O) groups excluding carboxylic acids is 1. The highest BCUT2D eigenvalue weighted by atomic mass is 16.5. The highest BCUT2D eigenvalue weighted by molar-refractivity contribution is 5.92. The molecule has 6 nitrogen and oxygen atoms in total. The van der Waals surface area contributed by atoms with Crippen LogP contribution < -0.4 is 15.4 Å². The third kappa shape index (κ3) is 5.25. The number of hydrogen-bond donors (Lipinski definition) is 2. The normalized spacial score (nSPS) is 10.2. The summed E-state index contributed by atoms with van der Waals surface area (Å²) in [6.45, 7) is 4.50. The number of methoxy groups -OCH3 is 1. The number of nitrogens with zero attached hydrogens (tertiary/aromatic N) is 2. The topological polar surface area (TPSA) is 76.1 Å². The molecule has 0 aliphatic rings. The van der Waals surface area contributed by atoms with Crippen molar-refractivity contribution in [1.82, 2.24) is 9.97 Å². The molecule has 0 unspecified atom stereocenters. The lowest BCUT2D eigenvalue weighted by Gasteiger charge is -2.10. The Morgan fingerprint density at radius 3 is 2.57 bits per heavy atom. The smallest absolute Gasteiger partial charge is 0.224 e. The Morgan fingerprint density at radius 1 is 1.17 bits per heavy atom. The van der Waals surface area contributed by atoms with Gasteiger partial charge in [-0.15, -0.1) is 0 Å². The lowest BCUT2D eigenvalue weighted by Crippen LogP contribution is -2.14. The van der Waals surface area contributed by atoms with Gasteiger partial charge in [0.15, 0.2) is 0 Å². The quantitative estimate of drug-likeness (QED) is 0.768. The Kier molecular flexibility index (Phi) is 5.91. The van der Waals surface area contributed by atoms with E-state index in [4.69, 9.17) is 4.74 Å². The molecular formula is C17H22N4O2. The summed E-state index contributed by atoms with van der Waals surface area (Å²) in [5, 5.41) is 6.00. The van der Waals surface area contributed by atoms with Gasteiger partial charge in [0, 0.05) is 24.4 Å². The van der Waals surface area contributed by atoms with E-state index in [0.29, 0.717) is 36.8 Å². The molecule has 0 aliphatic carbocycles. The van der Waals surface area contributed by atoms with E-state index in [2.05, 4.69) is 20.6 Å². The summed E-state index contributed by atoms with van der Waals surface area (Å²) in [6, 6.07) is 9.28. The van der Waals surface area contributed by atoms with Crippen molar-refractivity contribution in [3.63, 3.8) is 0 Å². The van der Waals surface area contributed by atoms with Crippen molar-refractivity contribution in [2.45, 2.75) is 26.7 Å². The summed E-state index contributed by atoms with van der Waals surface area (Å²) >= 11 is 0. The summed E-state index contributed by atoms with van der Waals surface area (Å²) in [4.78, 5) is 20.6. The number of amides is 1. The van der Waals surface area contributed by atoms with Gasteiger partial charge in [0.05, 0.1) is 12.8 Å². The second kappa shape index (κ2) is 8.12. The van der Waals surface area contributed by atoms with E-state index >= 15 is 0 Å². The third-order valence-electron chi connectivity index (χ3n) is 3.23. The van der Waals surface area contributed by atoms with Crippen molar-refractivity contribution in [2.24, 2.45) is 0 Å². The molecular weight excluding hydrogens is 292 g/mol. The first-order valence-electron chi connectivity index (χ1n) is 7.57. The van der Waals surface area contributed by atoms with E-state index < -0.39 is 0 Å². The van der Waals surface area contributed by atoms with E-state index in [-0.39, 0.29) is 5.91 Å². The van der Waals surface area contributed by atoms with Crippen molar-refractivity contribution in [1.29, 1.82) is 0 Å². The first kappa shape index (κ1) is 16.7. The molecule has 0 atom stereocenters. The minimum absolute atomic E-state index is 0.0439. The molecule has 0 bridgehead atoms. The number of hydrogen-bond acceptors (Lipinski definition) is 5. The van der Waals surface area contributed by atoms with Gasteiger partial charge in [-0.2, -0.15) is 0 Å². The van der Waals surface area contributed by atoms with Crippen LogP contribution in [0.2, 0.25) is 0 Å². The van der Waals surface area contributed by atoms with Gasteiger partial charge in [-0.05, 0) is 38.5 Å². The molecule has 6 heteroatoms. The van der Waals surface area contributed by atoms with Crippen molar-refractivity contribution in [3.05, 3.63) is 41.7 Å². The Balaban J connectivity index is 1.76. The number of aryl methyl sites for hydroxylation is 2. The van der Waals surface area contributed by atoms with E-state index in [0.717, 1.165) is 11.4 Å². The zero-order chi connectivity index (χ0) is 16.7. The number of rotatable bonds is 7. The Labute approximate surface area is 136 Å². The predicted molar refractivity (Wildman–Crippen MR) is 90.9 cm³/mol. The molecule has 2 rings (SSSR count). The first-order valence-corrected chi connectivity index (χ1v) is 7.57. The van der Waals surface area contributed by atoms with Gasteiger partial charge in [-0.25, -0.2) is 9.97 Å². The number of anilines is 2. The Morgan fingerprint density at radius 2 is 1.87 bits per heavy atom. The van der Waals surface area contributed by atoms with Crippen molar-refractivity contribution >= 4 is 17.5 Å². The zero-order valence-electron chi connectivity index (χ0n) is 13.7. The molecule has 122 valence electrons. The van der Waals surface area contributed by atoms with Crippen LogP contribution in [-0.2, 0) is 4.79 Å². The molecule has 23 heavy (non-hydrogen) atoms. The molecule has 0 spiro atoms. The summed E-state index contributed by atoms with van der Waals surface area (Å²) < 4.78 is 5.21. The van der Waals surface area contributed by atoms with Crippen molar-refractivity contribution < 1.29 is 9.53 Å². The SMILES string of the molecule is COc1ccccc1NC(=O)CCCNc1nc(C)cc(C)n1. The molecule has 1 amide bonds. The molecule has 1 aromatic heterocycles. The summed E-state index contributed by atoms with van der Waals surface area (Å²) in [7, 11) is 1.58. The lowest BCUT2D eigenvalue weighted by atomic mass is 10.2. The maximum absolute atomic E-state index is 12.0. The molecule has 1 aromatic carbocycles. The average Bonchev–Trinajstić information content (AvgIpc) is 2.51. The van der Waals surface area contributed by atoms with Crippen molar-refractivity contribution in [2.75, 3.05) is 24.3 Å². The second-order valence-electron chi connectivity index (χ2n) is 5.25. The van der Waals surface area contributed by atoms with E-state index in [1.807, 2.05) is 44.2 Å². The summed E-state index contributed by atoms with van der Waals surface area (Å²) in [5.41, 5.74) is 2.54. The van der Waals surface area contributed by atoms with Crippen LogP contribution >= 0.6 is 0 Å². The van der Waals surface area contributed by atoms with Crippen molar-refractivity contribution in [3.8, 4) is 5.75 Å². The van der Waals surface area contributed by atoms with E-state index in [1.54, 1.807) is 7.11 Å². The number of para-hydroxylation sites is 2. The van der Waals surface area contributed by atoms with Gasteiger partial charge >= 0.3 is 0 Å². The molecule has 2 N–H and O–H groups in total. The summed E-state index contributed by atoms with van der Waals surface area (Å²) in [5.74, 6) is 1.22. The van der Waals surface area contributed by atoms with Crippen LogP contribution in [0.5, 0.6) is 5.75 Å². The molecule has 2 aromatic rings. The van der Waals surface area contributed by atoms with Crippen LogP contribution in [0.4, 0.5) is 11.6 Å². The number of benzene rings is 1. The Bertz CT molecular complexity index is 653. The van der Waals surface area contributed by atoms with Crippen LogP contribution in [0.25, 0.3) is 0 Å². The van der Waals surface area contributed by atoms with Crippen LogP contribution in [0.1, 0.15) is 24.2 Å². The molecule has 0 fully saturated rings. The Hall–Kier alpha value is -2.63. The zero-order valence-corrected chi connectivity index (χ0v) is 13.7. The van der Waals surface area contributed by atoms with Gasteiger partial charge in [0.1, 0.15) is 5.75 Å². The second-order valence-corrected chi connectivity index (χ2v) is 5.25. The van der Waals surface area contributed by atoms with E-state index in [9.17, 15) is 4.79 Å². The van der Waals surface area contributed by atoms with Gasteiger partial charge in [-0.1, -0.05) is 12.1 Å². The number of ether oxygens (including phenoxy) is 1. The molecule has 1 heterocycles. The van der Waals surface area contributed by atoms with E-state index in [1.165, 1.54) is 0 Å². The number of nitrogens with one attached hydrogen (secondary N) is 2. The maximum Gasteiger partial charge on any atom is 0.224 e. The van der Waals surface area contributed by atoms with Gasteiger partial charge < -0.3 is 15.4 Å². The summed E-state index contributed by atoms with van der Waals surface area (Å²) in [6.07, 6.45) is 1.10. The predicted octanol–water partition coefficient (Wildman–Crippen LogP) is 2.93. The van der Waals surface area contributed by atoms with Crippen LogP contribution in [0.3, 0.4) is 0 Å². The highest BCUT2D eigenvalue weighted by Gasteiger charge is 2.06. The van der Waals surface area contributed by atoms with Gasteiger partial charge in [-0.3, -0.25) is 4.79 Å². The van der Waals surface area contributed by atoms with Gasteiger partial charge in [0.2, 0.25) is 11.9 Å². The third-order valence-corrected chi connectivity index (χ3v) is 3.23. The fraction of sp³-hybridized carbons (Fsp3) is 0.353. The van der Waals surface area contributed by atoms with Gasteiger partial charge in [0.25, 0.3) is 0 Å². The first-order chi connectivity index (χ1) is 11.1. The largest absolute Gasteiger partial charge is 0.495 e. The molecule has 0 saturated heterocycles. The number of aromatic nitrogens is 2. The minimum atomic E-state index is -0.0439. The molecule has 0 aliphatic heterocycles. The standard InChI is InChI=1S/C17H22N4O2/c1-12-11-13(2)20-17(19-12)18-10-6-9-16(22)21-14-7-4-5-8-15(14)23-3/h4-5,7-8,11H,6,9-10H2,1-3H3,(H,21,22)(H,18,19,20).